The van der Waals surface area contributed by atoms with Crippen LogP contribution >= 0.6 is 33.3 Å². The third kappa shape index (κ3) is 2.52. The summed E-state index contributed by atoms with van der Waals surface area (Å²) >= 11 is 2.16. The zero-order chi connectivity index (χ0) is 13.3. The van der Waals surface area contributed by atoms with E-state index in [1.165, 1.54) is 4.57 Å². The van der Waals surface area contributed by atoms with Crippen LogP contribution in [0.4, 0.5) is 0 Å². The Kier molecular flexibility index (Phi) is 3.93. The van der Waals surface area contributed by atoms with Gasteiger partial charge in [-0.25, -0.2) is 8.42 Å². The number of rotatable bonds is 3. The fourth-order valence-corrected chi connectivity index (χ4v) is 3.18. The van der Waals surface area contributed by atoms with Crippen molar-refractivity contribution in [3.8, 4) is 11.4 Å². The van der Waals surface area contributed by atoms with Crippen molar-refractivity contribution in [3.63, 3.8) is 0 Å². The summed E-state index contributed by atoms with van der Waals surface area (Å²) < 4.78 is 25.2. The molecule has 0 atom stereocenters. The summed E-state index contributed by atoms with van der Waals surface area (Å²) in [5, 5.41) is 7.37. The van der Waals surface area contributed by atoms with Gasteiger partial charge in [-0.15, -0.1) is 10.2 Å². The monoisotopic (exact) mass is 397 g/mol. The number of aromatic nitrogens is 3. The minimum absolute atomic E-state index is 0.221. The Labute approximate surface area is 123 Å². The second kappa shape index (κ2) is 5.14. The molecule has 96 valence electrons. The quantitative estimate of drug-likeness (QED) is 0.590. The van der Waals surface area contributed by atoms with Gasteiger partial charge in [0.05, 0.1) is 0 Å². The van der Waals surface area contributed by atoms with Gasteiger partial charge in [0.15, 0.2) is 5.82 Å². The van der Waals surface area contributed by atoms with Crippen LogP contribution in [0, 0.1) is 3.57 Å². The molecule has 2 aromatic rings. The lowest BCUT2D eigenvalue weighted by molar-refractivity contribution is 0.582. The molecule has 0 aliphatic rings. The van der Waals surface area contributed by atoms with Crippen LogP contribution in [-0.4, -0.2) is 23.2 Å². The average molecular weight is 398 g/mol. The van der Waals surface area contributed by atoms with Crippen LogP contribution in [0.1, 0.15) is 6.92 Å². The van der Waals surface area contributed by atoms with Gasteiger partial charge in [-0.1, -0.05) is 18.2 Å². The molecule has 1 aromatic heterocycles. The standard InChI is InChI=1S/C10H9ClIN3O2S/c1-2-15-9(7-5-3-4-6-8(7)12)13-14-10(15)18(11,16)17/h3-6H,2H2,1H3. The summed E-state index contributed by atoms with van der Waals surface area (Å²) in [5.41, 5.74) is 0.832. The van der Waals surface area contributed by atoms with Gasteiger partial charge >= 0.3 is 0 Å². The lowest BCUT2D eigenvalue weighted by atomic mass is 10.2. The molecule has 8 heteroatoms. The highest BCUT2D eigenvalue weighted by atomic mass is 127. The van der Waals surface area contributed by atoms with E-state index in [-0.39, 0.29) is 5.16 Å². The molecule has 1 heterocycles. The normalized spacial score (nSPS) is 11.7. The van der Waals surface area contributed by atoms with Gasteiger partial charge < -0.3 is 0 Å². The lowest BCUT2D eigenvalue weighted by Crippen LogP contribution is -2.06. The van der Waals surface area contributed by atoms with E-state index < -0.39 is 9.05 Å². The van der Waals surface area contributed by atoms with Gasteiger partial charge in [0.25, 0.3) is 14.2 Å². The highest BCUT2D eigenvalue weighted by molar-refractivity contribution is 14.1. The fourth-order valence-electron chi connectivity index (χ4n) is 1.60. The van der Waals surface area contributed by atoms with Gasteiger partial charge in [-0.3, -0.25) is 4.57 Å². The predicted octanol–water partition coefficient (Wildman–Crippen LogP) is 2.50. The highest BCUT2D eigenvalue weighted by Crippen LogP contribution is 2.26. The molecular formula is C10H9ClIN3O2S. The van der Waals surface area contributed by atoms with Gasteiger partial charge in [-0.2, -0.15) is 0 Å². The van der Waals surface area contributed by atoms with Crippen LogP contribution in [0.25, 0.3) is 11.4 Å². The van der Waals surface area contributed by atoms with Crippen molar-refractivity contribution in [1.82, 2.24) is 14.8 Å². The van der Waals surface area contributed by atoms with E-state index in [0.717, 1.165) is 9.13 Å². The van der Waals surface area contributed by atoms with Crippen LogP contribution in [0.15, 0.2) is 29.4 Å². The fraction of sp³-hybridized carbons (Fsp3) is 0.200. The molecule has 0 fully saturated rings. The molecule has 0 unspecified atom stereocenters. The number of hydrogen-bond donors (Lipinski definition) is 0. The molecule has 5 nitrogen and oxygen atoms in total. The molecule has 0 aliphatic carbocycles. The molecule has 0 spiro atoms. The Bertz CT molecular complexity index is 684. The topological polar surface area (TPSA) is 64.8 Å². The Morgan fingerprint density at radius 1 is 1.33 bits per heavy atom. The van der Waals surface area contributed by atoms with Gasteiger partial charge in [0.1, 0.15) is 0 Å². The minimum atomic E-state index is -3.89. The van der Waals surface area contributed by atoms with E-state index in [1.807, 2.05) is 31.2 Å². The minimum Gasteiger partial charge on any atom is -0.297 e. The van der Waals surface area contributed by atoms with E-state index in [9.17, 15) is 8.42 Å². The number of hydrogen-bond acceptors (Lipinski definition) is 4. The van der Waals surface area contributed by atoms with Crippen molar-refractivity contribution in [2.45, 2.75) is 18.6 Å². The zero-order valence-electron chi connectivity index (χ0n) is 9.34. The van der Waals surface area contributed by atoms with Crippen molar-refractivity contribution < 1.29 is 8.42 Å². The molecule has 0 amide bonds. The molecule has 18 heavy (non-hydrogen) atoms. The second-order valence-electron chi connectivity index (χ2n) is 3.47. The summed E-state index contributed by atoms with van der Waals surface area (Å²) in [6.45, 7) is 2.24. The Morgan fingerprint density at radius 3 is 2.56 bits per heavy atom. The van der Waals surface area contributed by atoms with Crippen LogP contribution in [0.5, 0.6) is 0 Å². The highest BCUT2D eigenvalue weighted by Gasteiger charge is 2.23. The zero-order valence-corrected chi connectivity index (χ0v) is 13.1. The van der Waals surface area contributed by atoms with Gasteiger partial charge in [-0.05, 0) is 35.6 Å². The Morgan fingerprint density at radius 2 is 2.00 bits per heavy atom. The van der Waals surface area contributed by atoms with Gasteiger partial charge in [0, 0.05) is 26.4 Å². The summed E-state index contributed by atoms with van der Waals surface area (Å²) in [4.78, 5) is 0. The number of benzene rings is 1. The van der Waals surface area contributed by atoms with E-state index in [4.69, 9.17) is 10.7 Å². The van der Waals surface area contributed by atoms with Crippen molar-refractivity contribution >= 4 is 42.3 Å². The summed E-state index contributed by atoms with van der Waals surface area (Å²) in [6, 6.07) is 7.54. The molecule has 0 N–H and O–H groups in total. The molecule has 0 radical (unpaired) electrons. The first-order valence-electron chi connectivity index (χ1n) is 5.08. The number of nitrogens with zero attached hydrogens (tertiary/aromatic N) is 3. The SMILES string of the molecule is CCn1c(-c2ccccc2I)nnc1S(=O)(=O)Cl. The maximum atomic E-state index is 11.4. The molecular weight excluding hydrogens is 389 g/mol. The lowest BCUT2D eigenvalue weighted by Gasteiger charge is -2.06. The van der Waals surface area contributed by atoms with Crippen LogP contribution in [-0.2, 0) is 15.6 Å². The van der Waals surface area contributed by atoms with Crippen molar-refractivity contribution in [2.75, 3.05) is 0 Å². The third-order valence-corrected chi connectivity index (χ3v) is 4.46. The van der Waals surface area contributed by atoms with Crippen molar-refractivity contribution in [2.24, 2.45) is 0 Å². The Hall–Kier alpha value is -0.670. The maximum Gasteiger partial charge on any atom is 0.296 e. The smallest absolute Gasteiger partial charge is 0.296 e. The van der Waals surface area contributed by atoms with E-state index in [0.29, 0.717) is 12.4 Å². The molecule has 1 aromatic carbocycles. The van der Waals surface area contributed by atoms with E-state index >= 15 is 0 Å². The van der Waals surface area contributed by atoms with Crippen LogP contribution in [0.3, 0.4) is 0 Å². The summed E-state index contributed by atoms with van der Waals surface area (Å²) in [5.74, 6) is 0.502. The predicted molar refractivity (Wildman–Crippen MR) is 76.9 cm³/mol. The summed E-state index contributed by atoms with van der Waals surface area (Å²) in [7, 11) is 1.44. The first kappa shape index (κ1) is 13.8. The van der Waals surface area contributed by atoms with Crippen LogP contribution in [0.2, 0.25) is 0 Å². The average Bonchev–Trinajstić information content (AvgIpc) is 2.72. The van der Waals surface area contributed by atoms with E-state index in [2.05, 4.69) is 32.8 Å². The molecule has 0 aliphatic heterocycles. The first-order chi connectivity index (χ1) is 8.45. The Balaban J connectivity index is 2.68. The largest absolute Gasteiger partial charge is 0.297 e. The first-order valence-corrected chi connectivity index (χ1v) is 8.46. The van der Waals surface area contributed by atoms with Crippen LogP contribution < -0.4 is 0 Å². The number of halogens is 2. The maximum absolute atomic E-state index is 11.4. The van der Waals surface area contributed by atoms with Gasteiger partial charge in [0.2, 0.25) is 0 Å². The molecule has 0 saturated carbocycles. The van der Waals surface area contributed by atoms with Crippen molar-refractivity contribution in [3.05, 3.63) is 27.8 Å². The molecule has 2 rings (SSSR count). The van der Waals surface area contributed by atoms with E-state index in [1.54, 1.807) is 0 Å². The third-order valence-electron chi connectivity index (χ3n) is 2.37. The summed E-state index contributed by atoms with van der Waals surface area (Å²) in [6.07, 6.45) is 0. The molecule has 0 saturated heterocycles. The second-order valence-corrected chi connectivity index (χ2v) is 7.09. The molecule has 0 bridgehead atoms. The van der Waals surface area contributed by atoms with Crippen molar-refractivity contribution in [1.29, 1.82) is 0 Å².